The van der Waals surface area contributed by atoms with Crippen molar-refractivity contribution in [1.29, 1.82) is 0 Å². The van der Waals surface area contributed by atoms with Crippen LogP contribution in [0.4, 0.5) is 5.13 Å². The summed E-state index contributed by atoms with van der Waals surface area (Å²) in [5, 5.41) is 11.4. The van der Waals surface area contributed by atoms with Gasteiger partial charge in [0.1, 0.15) is 10.6 Å². The number of rotatable bonds is 4. The molecule has 0 aliphatic rings. The summed E-state index contributed by atoms with van der Waals surface area (Å²) >= 11 is 0.833. The SMILES string of the molecule is CC(=O)Oc1ccccc1C(=O)Nc1ncc(C(=O)O)s1. The number of thiazole rings is 1. The largest absolute Gasteiger partial charge is 0.477 e. The molecule has 0 aliphatic heterocycles. The molecule has 0 radical (unpaired) electrons. The Bertz CT molecular complexity index is 710. The van der Waals surface area contributed by atoms with Crippen molar-refractivity contribution < 1.29 is 24.2 Å². The fourth-order valence-corrected chi connectivity index (χ4v) is 2.14. The minimum absolute atomic E-state index is 0.0126. The lowest BCUT2D eigenvalue weighted by atomic mass is 10.2. The molecule has 0 atom stereocenters. The molecule has 0 bridgehead atoms. The number of aromatic nitrogens is 1. The number of hydrogen-bond donors (Lipinski definition) is 2. The minimum Gasteiger partial charge on any atom is -0.477 e. The Hall–Kier alpha value is -2.74. The molecule has 1 amide bonds. The lowest BCUT2D eigenvalue weighted by molar-refractivity contribution is -0.131. The number of benzene rings is 1. The van der Waals surface area contributed by atoms with Gasteiger partial charge in [-0.15, -0.1) is 0 Å². The van der Waals surface area contributed by atoms with Gasteiger partial charge in [-0.2, -0.15) is 0 Å². The van der Waals surface area contributed by atoms with E-state index in [-0.39, 0.29) is 21.3 Å². The Balaban J connectivity index is 2.19. The summed E-state index contributed by atoms with van der Waals surface area (Å²) in [6, 6.07) is 6.22. The quantitative estimate of drug-likeness (QED) is 0.661. The van der Waals surface area contributed by atoms with Gasteiger partial charge in [-0.1, -0.05) is 23.5 Å². The van der Waals surface area contributed by atoms with Gasteiger partial charge in [0.15, 0.2) is 5.13 Å². The summed E-state index contributed by atoms with van der Waals surface area (Å²) < 4.78 is 4.94. The van der Waals surface area contributed by atoms with Crippen molar-refractivity contribution >= 4 is 34.3 Å². The maximum atomic E-state index is 12.1. The molecular weight excluding hydrogens is 296 g/mol. The maximum absolute atomic E-state index is 12.1. The van der Waals surface area contributed by atoms with E-state index in [4.69, 9.17) is 9.84 Å². The van der Waals surface area contributed by atoms with Gasteiger partial charge in [0.05, 0.1) is 11.8 Å². The van der Waals surface area contributed by atoms with Crippen LogP contribution in [-0.4, -0.2) is 27.9 Å². The molecule has 2 rings (SSSR count). The molecule has 2 N–H and O–H groups in total. The number of para-hydroxylation sites is 1. The standard InChI is InChI=1S/C13H10N2O5S/c1-7(16)20-9-5-3-2-4-8(9)11(17)15-13-14-6-10(21-13)12(18)19/h2-6H,1H3,(H,18,19)(H,14,15,17). The molecule has 0 unspecified atom stereocenters. The molecule has 8 heteroatoms. The molecular formula is C13H10N2O5S. The van der Waals surface area contributed by atoms with Crippen molar-refractivity contribution in [3.05, 3.63) is 40.9 Å². The van der Waals surface area contributed by atoms with Gasteiger partial charge in [0.2, 0.25) is 0 Å². The topological polar surface area (TPSA) is 106 Å². The molecule has 0 aliphatic carbocycles. The third-order valence-corrected chi connectivity index (χ3v) is 3.22. The first kappa shape index (κ1) is 14.7. The summed E-state index contributed by atoms with van der Waals surface area (Å²) in [4.78, 5) is 37.7. The first-order valence-electron chi connectivity index (χ1n) is 5.75. The minimum atomic E-state index is -1.12. The van der Waals surface area contributed by atoms with E-state index in [1.165, 1.54) is 19.1 Å². The number of esters is 1. The van der Waals surface area contributed by atoms with Crippen LogP contribution < -0.4 is 10.1 Å². The van der Waals surface area contributed by atoms with Gasteiger partial charge in [-0.05, 0) is 12.1 Å². The van der Waals surface area contributed by atoms with Gasteiger partial charge < -0.3 is 9.84 Å². The highest BCUT2D eigenvalue weighted by molar-refractivity contribution is 7.17. The van der Waals surface area contributed by atoms with E-state index < -0.39 is 17.8 Å². The lowest BCUT2D eigenvalue weighted by Crippen LogP contribution is -2.14. The predicted molar refractivity (Wildman–Crippen MR) is 74.8 cm³/mol. The summed E-state index contributed by atoms with van der Waals surface area (Å²) in [5.74, 6) is -2.08. The molecule has 108 valence electrons. The second kappa shape index (κ2) is 6.14. The zero-order chi connectivity index (χ0) is 15.4. The number of carboxylic acid groups (broad SMARTS) is 1. The van der Waals surface area contributed by atoms with E-state index in [2.05, 4.69) is 10.3 Å². The average Bonchev–Trinajstić information content (AvgIpc) is 2.87. The normalized spacial score (nSPS) is 9.95. The van der Waals surface area contributed by atoms with Crippen LogP contribution in [0.2, 0.25) is 0 Å². The van der Waals surface area contributed by atoms with Gasteiger partial charge in [-0.25, -0.2) is 9.78 Å². The van der Waals surface area contributed by atoms with Gasteiger partial charge in [0.25, 0.3) is 5.91 Å². The monoisotopic (exact) mass is 306 g/mol. The molecule has 1 aromatic carbocycles. The smallest absolute Gasteiger partial charge is 0.347 e. The van der Waals surface area contributed by atoms with Crippen LogP contribution in [0.25, 0.3) is 0 Å². The maximum Gasteiger partial charge on any atom is 0.347 e. The predicted octanol–water partition coefficient (Wildman–Crippen LogP) is 2.02. The molecule has 0 spiro atoms. The van der Waals surface area contributed by atoms with Crippen molar-refractivity contribution in [3.63, 3.8) is 0 Å². The Kier molecular flexibility index (Phi) is 4.29. The Morgan fingerprint density at radius 2 is 2.00 bits per heavy atom. The zero-order valence-electron chi connectivity index (χ0n) is 10.8. The number of anilines is 1. The fourth-order valence-electron chi connectivity index (χ4n) is 1.49. The van der Waals surface area contributed by atoms with E-state index in [1.807, 2.05) is 0 Å². The number of hydrogen-bond acceptors (Lipinski definition) is 6. The van der Waals surface area contributed by atoms with E-state index in [0.29, 0.717) is 0 Å². The molecule has 1 heterocycles. The first-order chi connectivity index (χ1) is 9.97. The van der Waals surface area contributed by atoms with Gasteiger partial charge in [-0.3, -0.25) is 14.9 Å². The number of carbonyl (C=O) groups is 3. The summed E-state index contributed by atoms with van der Waals surface area (Å²) in [6.07, 6.45) is 1.15. The third kappa shape index (κ3) is 3.63. The number of aromatic carboxylic acids is 1. The Labute approximate surface area is 123 Å². The number of nitrogens with zero attached hydrogens (tertiary/aromatic N) is 1. The summed E-state index contributed by atoms with van der Waals surface area (Å²) in [6.45, 7) is 1.23. The number of ether oxygens (including phenoxy) is 1. The average molecular weight is 306 g/mol. The Morgan fingerprint density at radius 3 is 2.62 bits per heavy atom. The molecule has 0 saturated carbocycles. The highest BCUT2D eigenvalue weighted by Gasteiger charge is 2.16. The van der Waals surface area contributed by atoms with Crippen molar-refractivity contribution in [2.75, 3.05) is 5.32 Å². The van der Waals surface area contributed by atoms with E-state index >= 15 is 0 Å². The number of carboxylic acids is 1. The highest BCUT2D eigenvalue weighted by atomic mass is 32.1. The second-order valence-electron chi connectivity index (χ2n) is 3.88. The van der Waals surface area contributed by atoms with E-state index in [9.17, 15) is 14.4 Å². The van der Waals surface area contributed by atoms with Gasteiger partial charge in [0, 0.05) is 6.92 Å². The highest BCUT2D eigenvalue weighted by Crippen LogP contribution is 2.22. The number of carbonyl (C=O) groups excluding carboxylic acids is 2. The molecule has 1 aromatic heterocycles. The molecule has 21 heavy (non-hydrogen) atoms. The third-order valence-electron chi connectivity index (χ3n) is 2.32. The number of nitrogens with one attached hydrogen (secondary N) is 1. The van der Waals surface area contributed by atoms with Crippen LogP contribution in [0, 0.1) is 0 Å². The van der Waals surface area contributed by atoms with Crippen LogP contribution in [0.15, 0.2) is 30.5 Å². The van der Waals surface area contributed by atoms with E-state index in [1.54, 1.807) is 12.1 Å². The van der Waals surface area contributed by atoms with Crippen molar-refractivity contribution in [3.8, 4) is 5.75 Å². The van der Waals surface area contributed by atoms with Crippen LogP contribution in [0.5, 0.6) is 5.75 Å². The van der Waals surface area contributed by atoms with Crippen molar-refractivity contribution in [2.45, 2.75) is 6.92 Å². The van der Waals surface area contributed by atoms with Crippen LogP contribution in [0.3, 0.4) is 0 Å². The van der Waals surface area contributed by atoms with Crippen molar-refractivity contribution in [1.82, 2.24) is 4.98 Å². The summed E-state index contributed by atoms with van der Waals surface area (Å²) in [5.41, 5.74) is 0.153. The first-order valence-corrected chi connectivity index (χ1v) is 6.57. The number of amides is 1. The second-order valence-corrected chi connectivity index (χ2v) is 4.91. The summed E-state index contributed by atoms with van der Waals surface area (Å²) in [7, 11) is 0. The molecule has 0 fully saturated rings. The Morgan fingerprint density at radius 1 is 1.29 bits per heavy atom. The fraction of sp³-hybridized carbons (Fsp3) is 0.0769. The molecule has 0 saturated heterocycles. The molecule has 2 aromatic rings. The lowest BCUT2D eigenvalue weighted by Gasteiger charge is -2.07. The van der Waals surface area contributed by atoms with Crippen molar-refractivity contribution in [2.24, 2.45) is 0 Å². The van der Waals surface area contributed by atoms with Crippen LogP contribution >= 0.6 is 11.3 Å². The van der Waals surface area contributed by atoms with Crippen LogP contribution in [-0.2, 0) is 4.79 Å². The zero-order valence-corrected chi connectivity index (χ0v) is 11.6. The van der Waals surface area contributed by atoms with Crippen LogP contribution in [0.1, 0.15) is 27.0 Å². The van der Waals surface area contributed by atoms with Gasteiger partial charge >= 0.3 is 11.9 Å². The van der Waals surface area contributed by atoms with E-state index in [0.717, 1.165) is 17.5 Å². The molecule has 7 nitrogen and oxygen atoms in total.